The normalized spacial score (nSPS) is 14.9. The maximum Gasteiger partial charge on any atom is 0.195 e. The second kappa shape index (κ2) is 5.62. The molecule has 23 heavy (non-hydrogen) atoms. The minimum absolute atomic E-state index is 0.669. The maximum absolute atomic E-state index is 5.38. The number of furan rings is 1. The van der Waals surface area contributed by atoms with Crippen LogP contribution in [0, 0.1) is 6.92 Å². The number of hydrogen-bond donors (Lipinski definition) is 0. The second-order valence-electron chi connectivity index (χ2n) is 6.00. The van der Waals surface area contributed by atoms with E-state index < -0.39 is 0 Å². The van der Waals surface area contributed by atoms with E-state index in [9.17, 15) is 0 Å². The first-order chi connectivity index (χ1) is 11.2. The largest absolute Gasteiger partial charge is 0.461 e. The smallest absolute Gasteiger partial charge is 0.195 e. The van der Waals surface area contributed by atoms with Crippen LogP contribution in [0.4, 0.5) is 0 Å². The van der Waals surface area contributed by atoms with Gasteiger partial charge in [-0.1, -0.05) is 0 Å². The summed E-state index contributed by atoms with van der Waals surface area (Å²) in [5, 5.41) is 4.54. The monoisotopic (exact) mass is 309 g/mol. The summed E-state index contributed by atoms with van der Waals surface area (Å²) in [6.07, 6.45) is 4.50. The lowest BCUT2D eigenvalue weighted by Crippen LogP contribution is -2.31. The van der Waals surface area contributed by atoms with E-state index in [0.717, 1.165) is 43.2 Å². The van der Waals surface area contributed by atoms with Crippen LogP contribution in [0.3, 0.4) is 0 Å². The van der Waals surface area contributed by atoms with Crippen LogP contribution in [0.1, 0.15) is 22.6 Å². The average Bonchev–Trinajstić information content (AvgIpc) is 3.18. The highest BCUT2D eigenvalue weighted by Gasteiger charge is 2.20. The second-order valence-corrected chi connectivity index (χ2v) is 6.00. The van der Waals surface area contributed by atoms with Crippen LogP contribution in [-0.2, 0) is 26.6 Å². The van der Waals surface area contributed by atoms with Gasteiger partial charge in [-0.25, -0.2) is 9.97 Å². The van der Waals surface area contributed by atoms with Crippen molar-refractivity contribution in [1.82, 2.24) is 24.6 Å². The lowest BCUT2D eigenvalue weighted by Gasteiger charge is -2.27. The Morgan fingerprint density at radius 3 is 3.00 bits per heavy atom. The van der Waals surface area contributed by atoms with Gasteiger partial charge in [0.15, 0.2) is 11.6 Å². The van der Waals surface area contributed by atoms with Crippen molar-refractivity contribution < 1.29 is 4.42 Å². The number of nitrogens with zero attached hydrogens (tertiary/aromatic N) is 5. The summed E-state index contributed by atoms with van der Waals surface area (Å²) in [7, 11) is 1.98. The first kappa shape index (κ1) is 14.1. The zero-order chi connectivity index (χ0) is 15.8. The molecule has 3 aromatic heterocycles. The summed E-state index contributed by atoms with van der Waals surface area (Å²) < 4.78 is 7.30. The van der Waals surface area contributed by atoms with Crippen molar-refractivity contribution in [3.05, 3.63) is 53.3 Å². The van der Waals surface area contributed by atoms with Crippen molar-refractivity contribution in [3.8, 4) is 11.6 Å². The fraction of sp³-hybridized carbons (Fsp3) is 0.353. The number of fused-ring (bicyclic) bond motifs is 1. The molecule has 0 aromatic carbocycles. The molecule has 0 spiro atoms. The molecule has 6 nitrogen and oxygen atoms in total. The van der Waals surface area contributed by atoms with Gasteiger partial charge < -0.3 is 4.42 Å². The Labute approximate surface area is 134 Å². The number of rotatable bonds is 3. The average molecular weight is 309 g/mol. The minimum atomic E-state index is 0.669. The zero-order valence-corrected chi connectivity index (χ0v) is 13.4. The summed E-state index contributed by atoms with van der Waals surface area (Å²) in [5.41, 5.74) is 4.62. The fourth-order valence-electron chi connectivity index (χ4n) is 2.98. The van der Waals surface area contributed by atoms with Gasteiger partial charge in [0.05, 0.1) is 17.7 Å². The highest BCUT2D eigenvalue weighted by atomic mass is 16.3. The summed E-state index contributed by atoms with van der Waals surface area (Å²) in [4.78, 5) is 11.5. The standard InChI is InChI=1S/C17H19N5O/c1-12-8-14(20-21(12)2)11-22-6-5-15-13(10-22)9-18-17(19-15)16-4-3-7-23-16/h3-4,7-9H,5-6,10-11H2,1-2H3. The summed E-state index contributed by atoms with van der Waals surface area (Å²) in [6, 6.07) is 5.89. The van der Waals surface area contributed by atoms with Crippen LogP contribution in [-0.4, -0.2) is 31.2 Å². The highest BCUT2D eigenvalue weighted by molar-refractivity contribution is 5.46. The van der Waals surface area contributed by atoms with Crippen molar-refractivity contribution in [2.45, 2.75) is 26.4 Å². The Bertz CT molecular complexity index is 802. The molecule has 0 bridgehead atoms. The third-order valence-corrected chi connectivity index (χ3v) is 4.30. The van der Waals surface area contributed by atoms with E-state index in [1.165, 1.54) is 11.3 Å². The van der Waals surface area contributed by atoms with Crippen LogP contribution >= 0.6 is 0 Å². The first-order valence-corrected chi connectivity index (χ1v) is 7.79. The van der Waals surface area contributed by atoms with Crippen LogP contribution in [0.5, 0.6) is 0 Å². The van der Waals surface area contributed by atoms with E-state index in [4.69, 9.17) is 4.42 Å². The SMILES string of the molecule is Cc1cc(CN2CCc3nc(-c4ccco4)ncc3C2)nn1C. The topological polar surface area (TPSA) is 60.0 Å². The van der Waals surface area contributed by atoms with Gasteiger partial charge in [0.2, 0.25) is 0 Å². The molecule has 3 aromatic rings. The molecule has 0 fully saturated rings. The van der Waals surface area contributed by atoms with Gasteiger partial charge in [-0.2, -0.15) is 5.10 Å². The van der Waals surface area contributed by atoms with Gasteiger partial charge in [0, 0.05) is 50.6 Å². The van der Waals surface area contributed by atoms with E-state index in [1.807, 2.05) is 30.1 Å². The quantitative estimate of drug-likeness (QED) is 0.743. The minimum Gasteiger partial charge on any atom is -0.461 e. The Balaban J connectivity index is 1.51. The molecule has 4 rings (SSSR count). The molecule has 0 saturated heterocycles. The third kappa shape index (κ3) is 2.77. The van der Waals surface area contributed by atoms with E-state index in [1.54, 1.807) is 6.26 Å². The summed E-state index contributed by atoms with van der Waals surface area (Å²) >= 11 is 0. The molecular weight excluding hydrogens is 290 g/mol. The fourth-order valence-corrected chi connectivity index (χ4v) is 2.98. The Morgan fingerprint density at radius 1 is 1.35 bits per heavy atom. The predicted octanol–water partition coefficient (Wildman–Crippen LogP) is 2.34. The van der Waals surface area contributed by atoms with Crippen LogP contribution in [0.15, 0.2) is 35.1 Å². The van der Waals surface area contributed by atoms with E-state index in [0.29, 0.717) is 5.82 Å². The number of aromatic nitrogens is 4. The van der Waals surface area contributed by atoms with Crippen molar-refractivity contribution in [2.24, 2.45) is 7.05 Å². The number of aryl methyl sites for hydroxylation is 2. The van der Waals surface area contributed by atoms with Crippen molar-refractivity contribution in [1.29, 1.82) is 0 Å². The lowest BCUT2D eigenvalue weighted by atomic mass is 10.1. The van der Waals surface area contributed by atoms with E-state index in [2.05, 4.69) is 33.0 Å². The van der Waals surface area contributed by atoms with Gasteiger partial charge in [0.1, 0.15) is 0 Å². The molecule has 0 unspecified atom stereocenters. The Hall–Kier alpha value is -2.47. The molecule has 0 N–H and O–H groups in total. The van der Waals surface area contributed by atoms with Crippen molar-refractivity contribution in [2.75, 3.05) is 6.54 Å². The molecule has 4 heterocycles. The molecule has 1 aliphatic rings. The first-order valence-electron chi connectivity index (χ1n) is 7.79. The van der Waals surface area contributed by atoms with Crippen LogP contribution in [0.2, 0.25) is 0 Å². The Morgan fingerprint density at radius 2 is 2.26 bits per heavy atom. The molecule has 0 aliphatic carbocycles. The molecule has 0 atom stereocenters. The molecular formula is C17H19N5O. The molecule has 0 radical (unpaired) electrons. The summed E-state index contributed by atoms with van der Waals surface area (Å²) in [6.45, 7) is 4.79. The highest BCUT2D eigenvalue weighted by Crippen LogP contribution is 2.22. The summed E-state index contributed by atoms with van der Waals surface area (Å²) in [5.74, 6) is 1.39. The van der Waals surface area contributed by atoms with Crippen LogP contribution in [0.25, 0.3) is 11.6 Å². The van der Waals surface area contributed by atoms with Crippen LogP contribution < -0.4 is 0 Å². The van der Waals surface area contributed by atoms with Gasteiger partial charge in [-0.15, -0.1) is 0 Å². The maximum atomic E-state index is 5.38. The molecule has 0 saturated carbocycles. The molecule has 118 valence electrons. The number of hydrogen-bond acceptors (Lipinski definition) is 5. The van der Waals surface area contributed by atoms with E-state index in [-0.39, 0.29) is 0 Å². The van der Waals surface area contributed by atoms with Gasteiger partial charge >= 0.3 is 0 Å². The molecule has 6 heteroatoms. The zero-order valence-electron chi connectivity index (χ0n) is 13.4. The van der Waals surface area contributed by atoms with E-state index >= 15 is 0 Å². The van der Waals surface area contributed by atoms with Gasteiger partial charge in [-0.3, -0.25) is 9.58 Å². The molecule has 0 amide bonds. The molecule has 1 aliphatic heterocycles. The van der Waals surface area contributed by atoms with Crippen molar-refractivity contribution in [3.63, 3.8) is 0 Å². The lowest BCUT2D eigenvalue weighted by molar-refractivity contribution is 0.239. The van der Waals surface area contributed by atoms with Gasteiger partial charge in [0.25, 0.3) is 0 Å². The van der Waals surface area contributed by atoms with Gasteiger partial charge in [-0.05, 0) is 25.1 Å². The van der Waals surface area contributed by atoms with Crippen molar-refractivity contribution >= 4 is 0 Å². The third-order valence-electron chi connectivity index (χ3n) is 4.30. The predicted molar refractivity (Wildman–Crippen MR) is 85.5 cm³/mol. The Kier molecular flexibility index (Phi) is 3.46.